The van der Waals surface area contributed by atoms with Gasteiger partial charge in [0.1, 0.15) is 23.8 Å². The monoisotopic (exact) mass is 367 g/mol. The van der Waals surface area contributed by atoms with Crippen molar-refractivity contribution in [3.8, 4) is 0 Å². The van der Waals surface area contributed by atoms with Crippen molar-refractivity contribution in [3.05, 3.63) is 29.2 Å². The quantitative estimate of drug-likeness (QED) is 0.824. The van der Waals surface area contributed by atoms with E-state index >= 15 is 0 Å². The van der Waals surface area contributed by atoms with Crippen LogP contribution in [-0.4, -0.2) is 55.8 Å². The molecule has 0 aromatic carbocycles. The highest BCUT2D eigenvalue weighted by Gasteiger charge is 2.28. The van der Waals surface area contributed by atoms with E-state index in [9.17, 15) is 0 Å². The molecule has 2 fully saturated rings. The van der Waals surface area contributed by atoms with Crippen LogP contribution in [0.5, 0.6) is 0 Å². The fraction of sp³-hybridized carbons (Fsp3) is 0.700. The van der Waals surface area contributed by atoms with Crippen LogP contribution in [0.3, 0.4) is 0 Å². The lowest BCUT2D eigenvalue weighted by Gasteiger charge is -2.33. The van der Waals surface area contributed by atoms with Gasteiger partial charge in [0.25, 0.3) is 0 Å². The molecular weight excluding hydrogens is 338 g/mol. The Balaban J connectivity index is 1.26. The Bertz CT molecular complexity index is 801. The average Bonchev–Trinajstić information content (AvgIpc) is 3.44. The molecular formula is C20H29N7. The molecule has 0 saturated carbocycles. The van der Waals surface area contributed by atoms with E-state index in [4.69, 9.17) is 0 Å². The lowest BCUT2D eigenvalue weighted by molar-refractivity contribution is 0.317. The molecule has 0 radical (unpaired) electrons. The predicted octanol–water partition coefficient (Wildman–Crippen LogP) is 2.07. The zero-order valence-corrected chi connectivity index (χ0v) is 16.3. The van der Waals surface area contributed by atoms with E-state index in [0.29, 0.717) is 5.92 Å². The summed E-state index contributed by atoms with van der Waals surface area (Å²) in [5, 5.41) is 9.10. The topological polar surface area (TPSA) is 63.0 Å². The molecule has 2 saturated heterocycles. The molecule has 2 aromatic heterocycles. The Morgan fingerprint density at radius 2 is 1.78 bits per heavy atom. The molecule has 0 bridgehead atoms. The fourth-order valence-corrected chi connectivity index (χ4v) is 4.97. The van der Waals surface area contributed by atoms with Gasteiger partial charge in [0.05, 0.1) is 6.54 Å². The van der Waals surface area contributed by atoms with E-state index in [-0.39, 0.29) is 0 Å². The minimum atomic E-state index is 0.501. The van der Waals surface area contributed by atoms with Gasteiger partial charge in [-0.2, -0.15) is 0 Å². The molecule has 1 aliphatic carbocycles. The molecule has 2 aromatic rings. The van der Waals surface area contributed by atoms with E-state index in [1.54, 1.807) is 6.33 Å². The predicted molar refractivity (Wildman–Crippen MR) is 104 cm³/mol. The van der Waals surface area contributed by atoms with E-state index in [2.05, 4.69) is 41.6 Å². The molecule has 0 unspecified atom stereocenters. The Kier molecular flexibility index (Phi) is 4.55. The zero-order chi connectivity index (χ0) is 18.2. The summed E-state index contributed by atoms with van der Waals surface area (Å²) >= 11 is 0. The maximum absolute atomic E-state index is 4.63. The van der Waals surface area contributed by atoms with Crippen molar-refractivity contribution in [2.45, 2.75) is 57.4 Å². The average molecular weight is 368 g/mol. The Morgan fingerprint density at radius 1 is 0.963 bits per heavy atom. The molecule has 144 valence electrons. The molecule has 0 N–H and O–H groups in total. The minimum Gasteiger partial charge on any atom is -0.356 e. The van der Waals surface area contributed by atoms with Gasteiger partial charge in [-0.15, -0.1) is 10.2 Å². The number of fused-ring (bicyclic) bond motifs is 1. The Morgan fingerprint density at radius 3 is 2.59 bits per heavy atom. The van der Waals surface area contributed by atoms with Gasteiger partial charge in [-0.3, -0.25) is 4.90 Å². The number of hydrogen-bond acceptors (Lipinski definition) is 6. The number of aromatic nitrogens is 5. The van der Waals surface area contributed by atoms with Crippen molar-refractivity contribution < 1.29 is 0 Å². The molecule has 0 spiro atoms. The van der Waals surface area contributed by atoms with Crippen LogP contribution in [0.1, 0.15) is 60.9 Å². The van der Waals surface area contributed by atoms with Crippen molar-refractivity contribution in [3.63, 3.8) is 0 Å². The van der Waals surface area contributed by atoms with Crippen molar-refractivity contribution in [1.29, 1.82) is 0 Å². The third-order valence-electron chi connectivity index (χ3n) is 6.57. The Hall–Kier alpha value is -2.02. The molecule has 5 rings (SSSR count). The van der Waals surface area contributed by atoms with E-state index < -0.39 is 0 Å². The van der Waals surface area contributed by atoms with Crippen LogP contribution in [0.2, 0.25) is 0 Å². The third kappa shape index (κ3) is 3.22. The van der Waals surface area contributed by atoms with Gasteiger partial charge >= 0.3 is 0 Å². The number of rotatable bonds is 4. The van der Waals surface area contributed by atoms with Gasteiger partial charge in [-0.05, 0) is 58.0 Å². The molecule has 7 heteroatoms. The highest BCUT2D eigenvalue weighted by atomic mass is 15.3. The van der Waals surface area contributed by atoms with Crippen molar-refractivity contribution in [2.24, 2.45) is 7.05 Å². The second-order valence-electron chi connectivity index (χ2n) is 8.25. The maximum Gasteiger partial charge on any atom is 0.146 e. The van der Waals surface area contributed by atoms with Crippen LogP contribution in [0.25, 0.3) is 0 Å². The zero-order valence-electron chi connectivity index (χ0n) is 16.3. The van der Waals surface area contributed by atoms with Crippen LogP contribution in [-0.2, 0) is 26.4 Å². The van der Waals surface area contributed by atoms with Gasteiger partial charge < -0.3 is 9.47 Å². The van der Waals surface area contributed by atoms with E-state index in [1.165, 1.54) is 49.4 Å². The van der Waals surface area contributed by atoms with E-state index in [1.807, 2.05) is 0 Å². The number of anilines is 1. The first-order valence-corrected chi connectivity index (χ1v) is 10.5. The Labute approximate surface area is 160 Å². The van der Waals surface area contributed by atoms with Gasteiger partial charge in [0.15, 0.2) is 0 Å². The smallest absolute Gasteiger partial charge is 0.146 e. The minimum absolute atomic E-state index is 0.501. The number of likely N-dealkylation sites (tertiary alicyclic amines) is 1. The van der Waals surface area contributed by atoms with E-state index in [0.717, 1.165) is 57.0 Å². The normalized spacial score (nSPS) is 21.1. The summed E-state index contributed by atoms with van der Waals surface area (Å²) in [5.74, 6) is 3.96. The number of hydrogen-bond donors (Lipinski definition) is 0. The summed E-state index contributed by atoms with van der Waals surface area (Å²) in [5.41, 5.74) is 2.66. The number of piperidine rings is 1. The largest absolute Gasteiger partial charge is 0.356 e. The maximum atomic E-state index is 4.63. The molecule has 27 heavy (non-hydrogen) atoms. The van der Waals surface area contributed by atoms with Crippen LogP contribution in [0, 0.1) is 0 Å². The second kappa shape index (κ2) is 7.19. The second-order valence-corrected chi connectivity index (χ2v) is 8.25. The fourth-order valence-electron chi connectivity index (χ4n) is 4.97. The molecule has 2 aliphatic heterocycles. The molecule has 7 nitrogen and oxygen atoms in total. The SMILES string of the molecule is Cn1c(CN2CCCC2)nnc1C1CCN(c2ncnc3c2CCC3)CC1. The summed E-state index contributed by atoms with van der Waals surface area (Å²) in [6, 6.07) is 0. The standard InChI is InChI=1S/C20H29N7/c1-25-18(13-26-9-2-3-10-26)23-24-19(25)15-7-11-27(12-8-15)20-16-5-4-6-17(16)21-14-22-20/h14-15H,2-13H2,1H3. The molecule has 0 atom stereocenters. The molecule has 0 amide bonds. The van der Waals surface area contributed by atoms with Gasteiger partial charge in [-0.1, -0.05) is 0 Å². The molecule has 4 heterocycles. The lowest BCUT2D eigenvalue weighted by Crippen LogP contribution is -2.35. The van der Waals surface area contributed by atoms with Crippen LogP contribution in [0.4, 0.5) is 5.82 Å². The number of aryl methyl sites for hydroxylation is 1. The van der Waals surface area contributed by atoms with Crippen molar-refractivity contribution in [1.82, 2.24) is 29.6 Å². The summed E-state index contributed by atoms with van der Waals surface area (Å²) in [6.07, 6.45) is 10.1. The lowest BCUT2D eigenvalue weighted by atomic mass is 9.95. The highest BCUT2D eigenvalue weighted by Crippen LogP contribution is 2.33. The summed E-state index contributed by atoms with van der Waals surface area (Å²) in [7, 11) is 2.14. The van der Waals surface area contributed by atoms with Gasteiger partial charge in [0.2, 0.25) is 0 Å². The van der Waals surface area contributed by atoms with Crippen LogP contribution in [0.15, 0.2) is 6.33 Å². The summed E-state index contributed by atoms with van der Waals surface area (Å²) < 4.78 is 2.25. The first-order chi connectivity index (χ1) is 13.3. The summed E-state index contributed by atoms with van der Waals surface area (Å²) in [6.45, 7) is 5.42. The van der Waals surface area contributed by atoms with Crippen LogP contribution < -0.4 is 4.90 Å². The highest BCUT2D eigenvalue weighted by molar-refractivity contribution is 5.50. The third-order valence-corrected chi connectivity index (χ3v) is 6.57. The van der Waals surface area contributed by atoms with Crippen molar-refractivity contribution >= 4 is 5.82 Å². The first kappa shape index (κ1) is 17.1. The van der Waals surface area contributed by atoms with Crippen LogP contribution >= 0.6 is 0 Å². The number of nitrogens with zero attached hydrogens (tertiary/aromatic N) is 7. The van der Waals surface area contributed by atoms with Gasteiger partial charge in [-0.25, -0.2) is 9.97 Å². The van der Waals surface area contributed by atoms with Crippen molar-refractivity contribution in [2.75, 3.05) is 31.1 Å². The summed E-state index contributed by atoms with van der Waals surface area (Å²) in [4.78, 5) is 14.1. The first-order valence-electron chi connectivity index (χ1n) is 10.5. The molecule has 3 aliphatic rings. The van der Waals surface area contributed by atoms with Gasteiger partial charge in [0, 0.05) is 37.3 Å².